The minimum atomic E-state index is -1.34. The average molecular weight is 460 g/mol. The lowest BCUT2D eigenvalue weighted by molar-refractivity contribution is -0.142. The molecule has 0 saturated carbocycles. The summed E-state index contributed by atoms with van der Waals surface area (Å²) in [6.07, 6.45) is 2.43. The van der Waals surface area contributed by atoms with E-state index in [0.29, 0.717) is 45.2 Å². The first-order chi connectivity index (χ1) is 15.0. The Morgan fingerprint density at radius 1 is 0.781 bits per heavy atom. The highest BCUT2D eigenvalue weighted by molar-refractivity contribution is 5.95. The first-order valence-electron chi connectivity index (χ1n) is 10.6. The van der Waals surface area contributed by atoms with Gasteiger partial charge in [0.2, 0.25) is 23.6 Å². The first kappa shape index (κ1) is 29.2. The van der Waals surface area contributed by atoms with Gasteiger partial charge in [-0.05, 0) is 52.1 Å². The molecule has 0 aromatic carbocycles. The molecule has 13 nitrogen and oxygen atoms in total. The molecule has 0 aliphatic heterocycles. The summed E-state index contributed by atoms with van der Waals surface area (Å²) in [6.45, 7) is 2.20. The summed E-state index contributed by atoms with van der Waals surface area (Å²) >= 11 is 0. The number of carboxylic acid groups (broad SMARTS) is 1. The van der Waals surface area contributed by atoms with Gasteiger partial charge in [0.05, 0.1) is 12.5 Å². The maximum Gasteiger partial charge on any atom is 0.326 e. The number of hydrogen-bond acceptors (Lipinski definition) is 8. The molecule has 0 bridgehead atoms. The molecule has 0 radical (unpaired) electrons. The third kappa shape index (κ3) is 12.2. The first-order valence-corrected chi connectivity index (χ1v) is 10.6. The van der Waals surface area contributed by atoms with E-state index >= 15 is 0 Å². The normalized spacial score (nSPS) is 14.5. The van der Waals surface area contributed by atoms with Crippen LogP contribution in [0.5, 0.6) is 0 Å². The zero-order valence-corrected chi connectivity index (χ0v) is 18.5. The number of hydrogen-bond donors (Lipinski definition) is 8. The van der Waals surface area contributed by atoms with Gasteiger partial charge in [-0.2, -0.15) is 0 Å². The Labute approximate surface area is 187 Å². The minimum absolute atomic E-state index is 0.182. The predicted molar refractivity (Wildman–Crippen MR) is 117 cm³/mol. The Balaban J connectivity index is 4.96. The van der Waals surface area contributed by atoms with Crippen molar-refractivity contribution in [1.29, 1.82) is 0 Å². The number of aliphatic carboxylic acids is 1. The fourth-order valence-corrected chi connectivity index (χ4v) is 2.76. The van der Waals surface area contributed by atoms with Gasteiger partial charge in [-0.1, -0.05) is 6.42 Å². The molecule has 0 aliphatic carbocycles. The number of amides is 4. The molecule has 0 aromatic heterocycles. The molecule has 0 aromatic rings. The average Bonchev–Trinajstić information content (AvgIpc) is 2.71. The van der Waals surface area contributed by atoms with E-state index in [9.17, 15) is 29.1 Å². The number of nitrogens with one attached hydrogen (secondary N) is 3. The van der Waals surface area contributed by atoms with Crippen molar-refractivity contribution in [1.82, 2.24) is 16.0 Å². The van der Waals surface area contributed by atoms with Crippen molar-refractivity contribution < 1.29 is 29.1 Å². The van der Waals surface area contributed by atoms with E-state index in [1.165, 1.54) is 6.92 Å². The number of nitrogens with two attached hydrogens (primary N) is 4. The maximum absolute atomic E-state index is 12.5. The molecule has 0 aliphatic rings. The van der Waals surface area contributed by atoms with E-state index in [1.54, 1.807) is 0 Å². The number of carbonyl (C=O) groups is 5. The fraction of sp³-hybridized carbons (Fsp3) is 0.737. The van der Waals surface area contributed by atoms with Gasteiger partial charge >= 0.3 is 5.97 Å². The van der Waals surface area contributed by atoms with Gasteiger partial charge in [0.25, 0.3) is 0 Å². The van der Waals surface area contributed by atoms with Crippen molar-refractivity contribution in [3.8, 4) is 0 Å². The Kier molecular flexibility index (Phi) is 14.6. The summed E-state index contributed by atoms with van der Waals surface area (Å²) < 4.78 is 0. The molecular weight excluding hydrogens is 422 g/mol. The second-order valence-corrected chi connectivity index (χ2v) is 7.54. The quantitative estimate of drug-likeness (QED) is 0.103. The minimum Gasteiger partial charge on any atom is -0.480 e. The van der Waals surface area contributed by atoms with E-state index in [-0.39, 0.29) is 6.42 Å². The largest absolute Gasteiger partial charge is 0.480 e. The standard InChI is InChI=1S/C19H37N7O6/c1-11(16(28)25-13(19(31)32)7-3-5-9-21)24-18(30)14(10-15(23)27)26-17(29)12(22)6-2-4-8-20/h11-14H,2-10,20-22H2,1H3,(H2,23,27)(H,24,30)(H,25,28)(H,26,29)(H,31,32). The van der Waals surface area contributed by atoms with Crippen LogP contribution >= 0.6 is 0 Å². The van der Waals surface area contributed by atoms with Gasteiger partial charge in [-0.25, -0.2) is 4.79 Å². The Hall–Kier alpha value is -2.77. The summed E-state index contributed by atoms with van der Waals surface area (Å²) in [6, 6.07) is -4.52. The number of carbonyl (C=O) groups excluding carboxylic acids is 4. The van der Waals surface area contributed by atoms with Crippen LogP contribution in [0.3, 0.4) is 0 Å². The highest BCUT2D eigenvalue weighted by Gasteiger charge is 2.29. The molecule has 4 atom stereocenters. The summed E-state index contributed by atoms with van der Waals surface area (Å²) in [5.41, 5.74) is 21.7. The molecule has 184 valence electrons. The summed E-state index contributed by atoms with van der Waals surface area (Å²) in [5.74, 6) is -4.27. The Morgan fingerprint density at radius 2 is 1.31 bits per heavy atom. The summed E-state index contributed by atoms with van der Waals surface area (Å²) in [7, 11) is 0. The Bertz CT molecular complexity index is 646. The van der Waals surface area contributed by atoms with Gasteiger partial charge in [0.1, 0.15) is 18.1 Å². The number of primary amides is 1. The van der Waals surface area contributed by atoms with E-state index < -0.39 is 60.2 Å². The topological polar surface area (TPSA) is 246 Å². The molecule has 12 N–H and O–H groups in total. The van der Waals surface area contributed by atoms with Crippen molar-refractivity contribution in [3.05, 3.63) is 0 Å². The zero-order valence-electron chi connectivity index (χ0n) is 18.5. The second kappa shape index (κ2) is 15.9. The number of unbranched alkanes of at least 4 members (excludes halogenated alkanes) is 2. The highest BCUT2D eigenvalue weighted by Crippen LogP contribution is 2.03. The number of carboxylic acids is 1. The smallest absolute Gasteiger partial charge is 0.326 e. The van der Waals surface area contributed by atoms with Crippen LogP contribution in [-0.2, 0) is 24.0 Å². The van der Waals surface area contributed by atoms with Crippen LogP contribution in [0.15, 0.2) is 0 Å². The van der Waals surface area contributed by atoms with Gasteiger partial charge < -0.3 is 44.0 Å². The SMILES string of the molecule is CC(NC(=O)C(CC(N)=O)NC(=O)C(N)CCCCN)C(=O)NC(CCCCN)C(=O)O. The van der Waals surface area contributed by atoms with Crippen molar-refractivity contribution in [2.45, 2.75) is 76.0 Å². The van der Waals surface area contributed by atoms with E-state index in [1.807, 2.05) is 0 Å². The molecule has 32 heavy (non-hydrogen) atoms. The van der Waals surface area contributed by atoms with E-state index in [4.69, 9.17) is 22.9 Å². The van der Waals surface area contributed by atoms with Crippen molar-refractivity contribution in [2.75, 3.05) is 13.1 Å². The van der Waals surface area contributed by atoms with Crippen LogP contribution in [0, 0.1) is 0 Å². The van der Waals surface area contributed by atoms with Crippen molar-refractivity contribution >= 4 is 29.6 Å². The van der Waals surface area contributed by atoms with Crippen LogP contribution in [0.4, 0.5) is 0 Å². The third-order valence-electron chi connectivity index (χ3n) is 4.66. The summed E-state index contributed by atoms with van der Waals surface area (Å²) in [4.78, 5) is 59.8. The molecule has 0 fully saturated rings. The third-order valence-corrected chi connectivity index (χ3v) is 4.66. The van der Waals surface area contributed by atoms with Crippen LogP contribution in [0.1, 0.15) is 51.9 Å². The second-order valence-electron chi connectivity index (χ2n) is 7.54. The molecule has 4 unspecified atom stereocenters. The van der Waals surface area contributed by atoms with Crippen molar-refractivity contribution in [2.24, 2.45) is 22.9 Å². The van der Waals surface area contributed by atoms with Gasteiger partial charge in [-0.15, -0.1) is 0 Å². The lowest BCUT2D eigenvalue weighted by Gasteiger charge is -2.23. The number of rotatable bonds is 17. The highest BCUT2D eigenvalue weighted by atomic mass is 16.4. The summed E-state index contributed by atoms with van der Waals surface area (Å²) in [5, 5.41) is 16.3. The van der Waals surface area contributed by atoms with Gasteiger partial charge in [0.15, 0.2) is 0 Å². The molecule has 13 heteroatoms. The van der Waals surface area contributed by atoms with Crippen LogP contribution < -0.4 is 38.9 Å². The molecule has 0 rings (SSSR count). The molecule has 4 amide bonds. The van der Waals surface area contributed by atoms with E-state index in [0.717, 1.165) is 0 Å². The van der Waals surface area contributed by atoms with Crippen molar-refractivity contribution in [3.63, 3.8) is 0 Å². The molecule has 0 spiro atoms. The van der Waals surface area contributed by atoms with Gasteiger partial charge in [-0.3, -0.25) is 19.2 Å². The molecule has 0 heterocycles. The lowest BCUT2D eigenvalue weighted by Crippen LogP contribution is -2.57. The lowest BCUT2D eigenvalue weighted by atomic mass is 10.1. The molecule has 0 saturated heterocycles. The van der Waals surface area contributed by atoms with Crippen LogP contribution in [-0.4, -0.2) is 72.0 Å². The maximum atomic E-state index is 12.5. The van der Waals surface area contributed by atoms with Crippen LogP contribution in [0.25, 0.3) is 0 Å². The van der Waals surface area contributed by atoms with Gasteiger partial charge in [0, 0.05) is 0 Å². The fourth-order valence-electron chi connectivity index (χ4n) is 2.76. The monoisotopic (exact) mass is 459 g/mol. The Morgan fingerprint density at radius 3 is 1.81 bits per heavy atom. The molecular formula is C19H37N7O6. The van der Waals surface area contributed by atoms with Crippen LogP contribution in [0.2, 0.25) is 0 Å². The van der Waals surface area contributed by atoms with E-state index in [2.05, 4.69) is 16.0 Å². The zero-order chi connectivity index (χ0) is 24.7. The predicted octanol–water partition coefficient (Wildman–Crippen LogP) is -2.99.